The summed E-state index contributed by atoms with van der Waals surface area (Å²) in [6, 6.07) is 14.8. The molecule has 6 nitrogen and oxygen atoms in total. The summed E-state index contributed by atoms with van der Waals surface area (Å²) < 4.78 is 10.5. The lowest BCUT2D eigenvalue weighted by Gasteiger charge is -2.36. The number of rotatable bonds is 6. The van der Waals surface area contributed by atoms with Crippen LogP contribution in [-0.4, -0.2) is 35.5 Å². The molecule has 30 heavy (non-hydrogen) atoms. The van der Waals surface area contributed by atoms with Gasteiger partial charge in [-0.15, -0.1) is 0 Å². The summed E-state index contributed by atoms with van der Waals surface area (Å²) in [7, 11) is 3.21. The fraction of sp³-hybridized carbons (Fsp3) is 0.333. The zero-order valence-corrected chi connectivity index (χ0v) is 18.1. The molecule has 1 amide bonds. The first-order valence-corrected chi connectivity index (χ1v) is 9.84. The fourth-order valence-electron chi connectivity index (χ4n) is 3.36. The van der Waals surface area contributed by atoms with Crippen LogP contribution in [0.3, 0.4) is 0 Å². The highest BCUT2D eigenvalue weighted by Crippen LogP contribution is 2.22. The van der Waals surface area contributed by atoms with Crippen LogP contribution in [0.5, 0.6) is 11.5 Å². The van der Waals surface area contributed by atoms with Crippen molar-refractivity contribution in [3.8, 4) is 11.5 Å². The van der Waals surface area contributed by atoms with Crippen LogP contribution in [0.4, 0.5) is 0 Å². The maximum Gasteiger partial charge on any atom is 0.253 e. The second-order valence-corrected chi connectivity index (χ2v) is 8.25. The van der Waals surface area contributed by atoms with E-state index in [1.54, 1.807) is 25.2 Å². The van der Waals surface area contributed by atoms with Gasteiger partial charge in [-0.2, -0.15) is 0 Å². The Morgan fingerprint density at radius 3 is 2.20 bits per heavy atom. The van der Waals surface area contributed by atoms with Crippen molar-refractivity contribution in [1.29, 1.82) is 0 Å². The van der Waals surface area contributed by atoms with Crippen molar-refractivity contribution in [3.63, 3.8) is 0 Å². The van der Waals surface area contributed by atoms with Crippen LogP contribution in [0.25, 0.3) is 10.9 Å². The summed E-state index contributed by atoms with van der Waals surface area (Å²) in [6.45, 7) is 6.13. The molecule has 0 saturated carbocycles. The summed E-state index contributed by atoms with van der Waals surface area (Å²) in [5, 5.41) is 0.861. The van der Waals surface area contributed by atoms with E-state index in [0.29, 0.717) is 11.3 Å². The molecule has 0 spiro atoms. The summed E-state index contributed by atoms with van der Waals surface area (Å²) in [6.07, 6.45) is 0.251. The molecule has 6 heteroatoms. The predicted molar refractivity (Wildman–Crippen MR) is 118 cm³/mol. The van der Waals surface area contributed by atoms with Crippen molar-refractivity contribution in [2.45, 2.75) is 39.3 Å². The van der Waals surface area contributed by atoms with E-state index in [0.717, 1.165) is 22.2 Å². The Morgan fingerprint density at radius 2 is 1.60 bits per heavy atom. The predicted octanol–water partition coefficient (Wildman–Crippen LogP) is 3.92. The Balaban J connectivity index is 1.89. The van der Waals surface area contributed by atoms with Gasteiger partial charge in [-0.3, -0.25) is 9.59 Å². The van der Waals surface area contributed by atoms with Gasteiger partial charge in [0.25, 0.3) is 5.56 Å². The van der Waals surface area contributed by atoms with Crippen LogP contribution in [0.15, 0.2) is 53.3 Å². The van der Waals surface area contributed by atoms with Gasteiger partial charge in [-0.25, -0.2) is 0 Å². The third-order valence-corrected chi connectivity index (χ3v) is 5.08. The lowest BCUT2D eigenvalue weighted by molar-refractivity contribution is -0.136. The number of aromatic amines is 1. The smallest absolute Gasteiger partial charge is 0.253 e. The molecule has 0 aliphatic heterocycles. The first kappa shape index (κ1) is 21.4. The lowest BCUT2D eigenvalue weighted by Crippen LogP contribution is -2.46. The van der Waals surface area contributed by atoms with Crippen LogP contribution in [-0.2, 0) is 17.8 Å². The highest BCUT2D eigenvalue weighted by Gasteiger charge is 2.27. The third-order valence-electron chi connectivity index (χ3n) is 5.08. The molecule has 0 saturated heterocycles. The van der Waals surface area contributed by atoms with Crippen molar-refractivity contribution in [2.24, 2.45) is 0 Å². The average molecular weight is 408 g/mol. The number of methoxy groups -OCH3 is 2. The van der Waals surface area contributed by atoms with E-state index in [1.165, 1.54) is 0 Å². The maximum atomic E-state index is 13.2. The van der Waals surface area contributed by atoms with E-state index >= 15 is 0 Å². The van der Waals surface area contributed by atoms with Gasteiger partial charge in [0.2, 0.25) is 5.91 Å². The summed E-state index contributed by atoms with van der Waals surface area (Å²) in [5.74, 6) is 1.42. The normalized spacial score (nSPS) is 11.4. The summed E-state index contributed by atoms with van der Waals surface area (Å²) >= 11 is 0. The third kappa shape index (κ3) is 4.82. The maximum absolute atomic E-state index is 13.2. The van der Waals surface area contributed by atoms with Crippen LogP contribution in [0, 0.1) is 0 Å². The van der Waals surface area contributed by atoms with E-state index in [9.17, 15) is 9.59 Å². The number of pyridine rings is 1. The molecule has 1 N–H and O–H groups in total. The van der Waals surface area contributed by atoms with Gasteiger partial charge in [0.1, 0.15) is 11.5 Å². The molecule has 2 aromatic carbocycles. The Bertz CT molecular complexity index is 1090. The topological polar surface area (TPSA) is 71.6 Å². The van der Waals surface area contributed by atoms with E-state index in [-0.39, 0.29) is 24.4 Å². The highest BCUT2D eigenvalue weighted by molar-refractivity contribution is 5.81. The van der Waals surface area contributed by atoms with Crippen LogP contribution >= 0.6 is 0 Å². The molecule has 0 fully saturated rings. The van der Waals surface area contributed by atoms with Crippen molar-refractivity contribution in [1.82, 2.24) is 9.88 Å². The van der Waals surface area contributed by atoms with E-state index in [2.05, 4.69) is 4.98 Å². The summed E-state index contributed by atoms with van der Waals surface area (Å²) in [5.41, 5.74) is 1.52. The first-order valence-electron chi connectivity index (χ1n) is 9.84. The zero-order chi connectivity index (χ0) is 21.9. The number of nitrogens with one attached hydrogen (secondary N) is 1. The molecular formula is C24H28N2O4. The standard InChI is InChI=1S/C24H28N2O4/c1-24(2,3)26(22(27)12-16-6-8-19(29-4)9-7-16)15-18-13-17-14-20(30-5)10-11-21(17)25-23(18)28/h6-11,13-14H,12,15H2,1-5H3,(H,25,28). The number of nitrogens with zero attached hydrogens (tertiary/aromatic N) is 1. The van der Waals surface area contributed by atoms with Crippen LogP contribution in [0.1, 0.15) is 31.9 Å². The largest absolute Gasteiger partial charge is 0.497 e. The number of carbonyl (C=O) groups is 1. The minimum absolute atomic E-state index is 0.0437. The molecule has 0 bridgehead atoms. The molecule has 0 atom stereocenters. The Kier molecular flexibility index (Phi) is 6.15. The number of H-pyrrole nitrogens is 1. The molecule has 158 valence electrons. The molecule has 0 aliphatic rings. The average Bonchev–Trinajstić information content (AvgIpc) is 2.71. The Morgan fingerprint density at radius 1 is 0.967 bits per heavy atom. The number of benzene rings is 2. The highest BCUT2D eigenvalue weighted by atomic mass is 16.5. The van der Waals surface area contributed by atoms with Crippen molar-refractivity contribution >= 4 is 16.8 Å². The number of fused-ring (bicyclic) bond motifs is 1. The van der Waals surface area contributed by atoms with Crippen LogP contribution in [0.2, 0.25) is 0 Å². The van der Waals surface area contributed by atoms with E-state index in [1.807, 2.05) is 63.2 Å². The lowest BCUT2D eigenvalue weighted by atomic mass is 10.0. The van der Waals surface area contributed by atoms with Gasteiger partial charge < -0.3 is 19.4 Å². The molecule has 0 unspecified atom stereocenters. The summed E-state index contributed by atoms with van der Waals surface area (Å²) in [4.78, 5) is 30.5. The number of aromatic nitrogens is 1. The van der Waals surface area contributed by atoms with E-state index < -0.39 is 5.54 Å². The zero-order valence-electron chi connectivity index (χ0n) is 18.1. The minimum atomic E-state index is -0.445. The molecule has 3 aromatic rings. The second-order valence-electron chi connectivity index (χ2n) is 8.25. The number of hydrogen-bond acceptors (Lipinski definition) is 4. The van der Waals surface area contributed by atoms with Gasteiger partial charge in [-0.1, -0.05) is 12.1 Å². The van der Waals surface area contributed by atoms with Gasteiger partial charge in [0.05, 0.1) is 27.2 Å². The van der Waals surface area contributed by atoms with Gasteiger partial charge >= 0.3 is 0 Å². The molecule has 0 radical (unpaired) electrons. The monoisotopic (exact) mass is 408 g/mol. The fourth-order valence-corrected chi connectivity index (χ4v) is 3.36. The van der Waals surface area contributed by atoms with Crippen molar-refractivity contribution < 1.29 is 14.3 Å². The van der Waals surface area contributed by atoms with Crippen LogP contribution < -0.4 is 15.0 Å². The number of ether oxygens (including phenoxy) is 2. The molecule has 1 heterocycles. The molecule has 0 aliphatic carbocycles. The van der Waals surface area contributed by atoms with Gasteiger partial charge in [-0.05, 0) is 62.7 Å². The minimum Gasteiger partial charge on any atom is -0.497 e. The number of carbonyl (C=O) groups excluding carboxylic acids is 1. The first-order chi connectivity index (χ1) is 14.2. The van der Waals surface area contributed by atoms with Crippen molar-refractivity contribution in [2.75, 3.05) is 14.2 Å². The van der Waals surface area contributed by atoms with E-state index in [4.69, 9.17) is 9.47 Å². The second kappa shape index (κ2) is 8.61. The Hall–Kier alpha value is -3.28. The van der Waals surface area contributed by atoms with Crippen molar-refractivity contribution in [3.05, 3.63) is 70.0 Å². The van der Waals surface area contributed by atoms with Gasteiger partial charge in [0, 0.05) is 22.0 Å². The number of amides is 1. The molecule has 1 aromatic heterocycles. The number of hydrogen-bond donors (Lipinski definition) is 1. The van der Waals surface area contributed by atoms with Gasteiger partial charge in [0.15, 0.2) is 0 Å². The molecule has 3 rings (SSSR count). The molecular weight excluding hydrogens is 380 g/mol. The SMILES string of the molecule is COc1ccc(CC(=O)N(Cc2cc3cc(OC)ccc3[nH]c2=O)C(C)(C)C)cc1. The Labute approximate surface area is 176 Å². The quantitative estimate of drug-likeness (QED) is 0.671.